The fourth-order valence-electron chi connectivity index (χ4n) is 1.81. The highest BCUT2D eigenvalue weighted by molar-refractivity contribution is 6.05. The summed E-state index contributed by atoms with van der Waals surface area (Å²) in [7, 11) is 1.50. The smallest absolute Gasteiger partial charge is 0.246 e. The minimum Gasteiger partial charge on any atom is -0.297 e. The van der Waals surface area contributed by atoms with Crippen molar-refractivity contribution in [3.05, 3.63) is 24.3 Å². The van der Waals surface area contributed by atoms with E-state index in [2.05, 4.69) is 15.3 Å². The largest absolute Gasteiger partial charge is 0.297 e. The van der Waals surface area contributed by atoms with Gasteiger partial charge in [-0.05, 0) is 6.92 Å². The molecule has 2 unspecified atom stereocenters. The lowest BCUT2D eigenvalue weighted by molar-refractivity contribution is -0.137. The van der Waals surface area contributed by atoms with Gasteiger partial charge in [-0.2, -0.15) is 0 Å². The molecule has 1 fully saturated rings. The second-order valence-corrected chi connectivity index (χ2v) is 4.07. The van der Waals surface area contributed by atoms with Crippen molar-refractivity contribution in [2.24, 2.45) is 0 Å². The van der Waals surface area contributed by atoms with Gasteiger partial charge >= 0.3 is 0 Å². The van der Waals surface area contributed by atoms with Gasteiger partial charge in [-0.25, -0.2) is 0 Å². The van der Waals surface area contributed by atoms with E-state index in [1.54, 1.807) is 18.6 Å². The van der Waals surface area contributed by atoms with Gasteiger partial charge in [0.1, 0.15) is 0 Å². The van der Waals surface area contributed by atoms with E-state index < -0.39 is 6.04 Å². The second-order valence-electron chi connectivity index (χ2n) is 4.07. The summed E-state index contributed by atoms with van der Waals surface area (Å²) in [6.07, 6.45) is 5.04. The standard InChI is InChI=1S/C11H14N4O2/c1-7(9-6-12-3-4-13-9)14-8-5-10(16)15(2)11(8)17/h3-4,6-8,14H,5H2,1-2H3. The van der Waals surface area contributed by atoms with E-state index in [-0.39, 0.29) is 24.3 Å². The third-order valence-electron chi connectivity index (χ3n) is 2.86. The number of hydrogen-bond acceptors (Lipinski definition) is 5. The number of nitrogens with zero attached hydrogens (tertiary/aromatic N) is 3. The maximum absolute atomic E-state index is 11.7. The van der Waals surface area contributed by atoms with Crippen molar-refractivity contribution >= 4 is 11.8 Å². The Kier molecular flexibility index (Phi) is 3.14. The van der Waals surface area contributed by atoms with Crippen LogP contribution in [0.5, 0.6) is 0 Å². The molecule has 2 amide bonds. The number of carbonyl (C=O) groups excluding carboxylic acids is 2. The number of imide groups is 1. The van der Waals surface area contributed by atoms with Crippen LogP contribution in [-0.4, -0.2) is 39.8 Å². The van der Waals surface area contributed by atoms with Crippen LogP contribution in [0.25, 0.3) is 0 Å². The molecule has 1 aromatic rings. The molecule has 0 spiro atoms. The van der Waals surface area contributed by atoms with E-state index in [0.29, 0.717) is 0 Å². The zero-order valence-corrected chi connectivity index (χ0v) is 9.75. The van der Waals surface area contributed by atoms with Crippen LogP contribution in [0.15, 0.2) is 18.6 Å². The zero-order valence-electron chi connectivity index (χ0n) is 9.75. The molecule has 0 bridgehead atoms. The van der Waals surface area contributed by atoms with Gasteiger partial charge in [0, 0.05) is 31.7 Å². The van der Waals surface area contributed by atoms with Crippen LogP contribution in [0.2, 0.25) is 0 Å². The summed E-state index contributed by atoms with van der Waals surface area (Å²) >= 11 is 0. The third-order valence-corrected chi connectivity index (χ3v) is 2.86. The lowest BCUT2D eigenvalue weighted by atomic mass is 10.2. The average molecular weight is 234 g/mol. The van der Waals surface area contributed by atoms with Gasteiger partial charge in [-0.15, -0.1) is 0 Å². The minimum atomic E-state index is -0.454. The lowest BCUT2D eigenvalue weighted by Gasteiger charge is -2.16. The Morgan fingerprint density at radius 1 is 1.47 bits per heavy atom. The molecule has 2 rings (SSSR count). The molecule has 0 aromatic carbocycles. The Hall–Kier alpha value is -1.82. The highest BCUT2D eigenvalue weighted by atomic mass is 16.2. The second kappa shape index (κ2) is 4.58. The van der Waals surface area contributed by atoms with Crippen LogP contribution in [0.3, 0.4) is 0 Å². The first-order valence-electron chi connectivity index (χ1n) is 5.42. The number of aromatic nitrogens is 2. The molecule has 0 radical (unpaired) electrons. The van der Waals surface area contributed by atoms with Gasteiger partial charge in [0.15, 0.2) is 0 Å². The van der Waals surface area contributed by atoms with Crippen molar-refractivity contribution in [3.8, 4) is 0 Å². The molecule has 0 aliphatic carbocycles. The predicted octanol–water partition coefficient (Wildman–Crippen LogP) is -0.116. The van der Waals surface area contributed by atoms with Crippen molar-refractivity contribution in [2.75, 3.05) is 7.05 Å². The molecule has 1 N–H and O–H groups in total. The van der Waals surface area contributed by atoms with Crippen LogP contribution < -0.4 is 5.32 Å². The Labute approximate surface area is 99.1 Å². The molecule has 6 heteroatoms. The Bertz CT molecular complexity index is 434. The quantitative estimate of drug-likeness (QED) is 0.738. The number of rotatable bonds is 3. The number of likely N-dealkylation sites (tertiary alicyclic amines) is 1. The van der Waals surface area contributed by atoms with Gasteiger partial charge in [-0.1, -0.05) is 0 Å². The summed E-state index contributed by atoms with van der Waals surface area (Å²) in [4.78, 5) is 32.3. The summed E-state index contributed by atoms with van der Waals surface area (Å²) in [5, 5.41) is 3.09. The first-order valence-corrected chi connectivity index (χ1v) is 5.42. The number of amides is 2. The van der Waals surface area contributed by atoms with Crippen molar-refractivity contribution in [1.82, 2.24) is 20.2 Å². The molecule has 1 saturated heterocycles. The molecule has 90 valence electrons. The molecule has 17 heavy (non-hydrogen) atoms. The predicted molar refractivity (Wildman–Crippen MR) is 59.8 cm³/mol. The van der Waals surface area contributed by atoms with Gasteiger partial charge in [0.2, 0.25) is 11.8 Å². The fourth-order valence-corrected chi connectivity index (χ4v) is 1.81. The van der Waals surface area contributed by atoms with Crippen LogP contribution >= 0.6 is 0 Å². The molecule has 1 aromatic heterocycles. The maximum Gasteiger partial charge on any atom is 0.246 e. The van der Waals surface area contributed by atoms with E-state index in [0.717, 1.165) is 10.6 Å². The lowest BCUT2D eigenvalue weighted by Crippen LogP contribution is -2.38. The molecule has 1 aliphatic heterocycles. The summed E-state index contributed by atoms with van der Waals surface area (Å²) in [5.41, 5.74) is 0.752. The topological polar surface area (TPSA) is 75.2 Å². The van der Waals surface area contributed by atoms with Crippen molar-refractivity contribution in [1.29, 1.82) is 0 Å². The minimum absolute atomic E-state index is 0.114. The van der Waals surface area contributed by atoms with Crippen molar-refractivity contribution < 1.29 is 9.59 Å². The number of carbonyl (C=O) groups is 2. The van der Waals surface area contributed by atoms with E-state index in [1.165, 1.54) is 7.05 Å². The summed E-state index contributed by atoms with van der Waals surface area (Å²) in [6.45, 7) is 1.89. The van der Waals surface area contributed by atoms with Gasteiger partial charge in [-0.3, -0.25) is 29.8 Å². The van der Waals surface area contributed by atoms with Crippen molar-refractivity contribution in [3.63, 3.8) is 0 Å². The van der Waals surface area contributed by atoms with E-state index in [9.17, 15) is 9.59 Å². The Balaban J connectivity index is 2.03. The van der Waals surface area contributed by atoms with E-state index in [4.69, 9.17) is 0 Å². The van der Waals surface area contributed by atoms with Gasteiger partial charge in [0.05, 0.1) is 18.2 Å². The van der Waals surface area contributed by atoms with Gasteiger partial charge in [0.25, 0.3) is 0 Å². The number of likely N-dealkylation sites (N-methyl/N-ethyl adjacent to an activating group) is 1. The highest BCUT2D eigenvalue weighted by Gasteiger charge is 2.36. The summed E-state index contributed by atoms with van der Waals surface area (Å²) in [5.74, 6) is -0.343. The molecule has 6 nitrogen and oxygen atoms in total. The Morgan fingerprint density at radius 3 is 2.76 bits per heavy atom. The third kappa shape index (κ3) is 2.31. The average Bonchev–Trinajstić information content (AvgIpc) is 2.58. The van der Waals surface area contributed by atoms with Crippen LogP contribution in [0.4, 0.5) is 0 Å². The normalized spacial score (nSPS) is 22.0. The highest BCUT2D eigenvalue weighted by Crippen LogP contribution is 2.15. The van der Waals surface area contributed by atoms with Crippen LogP contribution in [-0.2, 0) is 9.59 Å². The van der Waals surface area contributed by atoms with E-state index >= 15 is 0 Å². The first kappa shape index (κ1) is 11.7. The van der Waals surface area contributed by atoms with Gasteiger partial charge < -0.3 is 0 Å². The number of nitrogens with one attached hydrogen (secondary N) is 1. The zero-order chi connectivity index (χ0) is 12.4. The number of hydrogen-bond donors (Lipinski definition) is 1. The molecule has 2 heterocycles. The van der Waals surface area contributed by atoms with Crippen molar-refractivity contribution in [2.45, 2.75) is 25.4 Å². The maximum atomic E-state index is 11.7. The molecular formula is C11H14N4O2. The van der Waals surface area contributed by atoms with Crippen LogP contribution in [0.1, 0.15) is 25.1 Å². The molecule has 1 aliphatic rings. The summed E-state index contributed by atoms with van der Waals surface area (Å²) in [6, 6.07) is -0.568. The SMILES string of the molecule is CC(NC1CC(=O)N(C)C1=O)c1cnccn1. The first-order chi connectivity index (χ1) is 8.09. The van der Waals surface area contributed by atoms with Crippen LogP contribution in [0, 0.1) is 0 Å². The Morgan fingerprint density at radius 2 is 2.24 bits per heavy atom. The molecule has 0 saturated carbocycles. The molecular weight excluding hydrogens is 220 g/mol. The monoisotopic (exact) mass is 234 g/mol. The van der Waals surface area contributed by atoms with E-state index in [1.807, 2.05) is 6.92 Å². The summed E-state index contributed by atoms with van der Waals surface area (Å²) < 4.78 is 0. The molecule has 2 atom stereocenters. The fraction of sp³-hybridized carbons (Fsp3) is 0.455.